The Balaban J connectivity index is 1.38. The Morgan fingerprint density at radius 3 is 2.29 bits per heavy atom. The number of urea groups is 1. The van der Waals surface area contributed by atoms with Gasteiger partial charge in [0.1, 0.15) is 0 Å². The number of fused-ring (bicyclic) bond motifs is 1. The van der Waals surface area contributed by atoms with Gasteiger partial charge in [0.15, 0.2) is 0 Å². The van der Waals surface area contributed by atoms with Crippen molar-refractivity contribution in [1.82, 2.24) is 4.90 Å². The Morgan fingerprint density at radius 2 is 1.68 bits per heavy atom. The monoisotopic (exact) mass is 408 g/mol. The molecule has 4 rings (SSSR count). The van der Waals surface area contributed by atoms with Crippen molar-refractivity contribution < 1.29 is 18.0 Å². The molecule has 2 atom stereocenters. The second-order valence-corrected chi connectivity index (χ2v) is 8.03. The number of alkyl halides is 3. The van der Waals surface area contributed by atoms with Crippen LogP contribution in [0.25, 0.3) is 0 Å². The van der Waals surface area contributed by atoms with Crippen LogP contribution in [0, 0.1) is 11.8 Å². The van der Waals surface area contributed by atoms with Gasteiger partial charge in [-0.1, -0.05) is 41.9 Å². The van der Waals surface area contributed by atoms with Crippen molar-refractivity contribution in [2.24, 2.45) is 11.8 Å². The number of hydrogen-bond acceptors (Lipinski definition) is 1. The molecule has 2 aliphatic rings. The van der Waals surface area contributed by atoms with Crippen molar-refractivity contribution >= 4 is 23.3 Å². The molecule has 7 heteroatoms. The summed E-state index contributed by atoms with van der Waals surface area (Å²) in [6.07, 6.45) is -2.48. The third-order valence-corrected chi connectivity index (χ3v) is 6.16. The van der Waals surface area contributed by atoms with Gasteiger partial charge >= 0.3 is 12.2 Å². The average Bonchev–Trinajstić information content (AvgIpc) is 3.22. The number of halogens is 4. The summed E-state index contributed by atoms with van der Waals surface area (Å²) in [5.74, 6) is 1.39. The van der Waals surface area contributed by atoms with Gasteiger partial charge in [0.05, 0.1) is 10.6 Å². The van der Waals surface area contributed by atoms with E-state index in [9.17, 15) is 18.0 Å². The smallest absolute Gasteiger partial charge is 0.324 e. The molecule has 0 bridgehead atoms. The zero-order valence-corrected chi connectivity index (χ0v) is 15.8. The first-order chi connectivity index (χ1) is 13.3. The summed E-state index contributed by atoms with van der Waals surface area (Å²) in [6, 6.07) is 13.5. The molecule has 1 saturated carbocycles. The molecule has 2 fully saturated rings. The van der Waals surface area contributed by atoms with E-state index in [4.69, 9.17) is 11.6 Å². The van der Waals surface area contributed by atoms with Crippen molar-refractivity contribution in [3.05, 3.63) is 64.7 Å². The lowest BCUT2D eigenvalue weighted by atomic mass is 9.96. The highest BCUT2D eigenvalue weighted by molar-refractivity contribution is 6.31. The molecule has 2 aromatic carbocycles. The molecule has 0 radical (unpaired) electrons. The summed E-state index contributed by atoms with van der Waals surface area (Å²) in [5.41, 5.74) is 0.491. The fourth-order valence-corrected chi connectivity index (χ4v) is 4.71. The van der Waals surface area contributed by atoms with Crippen molar-refractivity contribution in [2.75, 3.05) is 18.4 Å². The van der Waals surface area contributed by atoms with Crippen molar-refractivity contribution in [3.63, 3.8) is 0 Å². The van der Waals surface area contributed by atoms with Crippen LogP contribution < -0.4 is 5.32 Å². The molecule has 2 aromatic rings. The Bertz CT molecular complexity index is 858. The molecule has 2 unspecified atom stereocenters. The zero-order chi connectivity index (χ0) is 19.9. The molecular weight excluding hydrogens is 389 g/mol. The molecule has 0 spiro atoms. The normalized spacial score (nSPS) is 24.3. The summed E-state index contributed by atoms with van der Waals surface area (Å²) >= 11 is 5.63. The van der Waals surface area contributed by atoms with Gasteiger partial charge in [0, 0.05) is 18.8 Å². The highest BCUT2D eigenvalue weighted by Gasteiger charge is 2.42. The predicted molar refractivity (Wildman–Crippen MR) is 102 cm³/mol. The third-order valence-electron chi connectivity index (χ3n) is 5.83. The molecule has 148 valence electrons. The molecule has 28 heavy (non-hydrogen) atoms. The predicted octanol–water partition coefficient (Wildman–Crippen LogP) is 6.02. The SMILES string of the molecule is O=C(Nc1ccc(Cl)c(C(F)(F)F)c1)N1CC2CC(c3ccccc3)CC2C1. The first kappa shape index (κ1) is 19.1. The second kappa shape index (κ2) is 7.32. The van der Waals surface area contributed by atoms with E-state index >= 15 is 0 Å². The number of nitrogens with one attached hydrogen (secondary N) is 1. The number of likely N-dealkylation sites (tertiary alicyclic amines) is 1. The number of anilines is 1. The van der Waals surface area contributed by atoms with Gasteiger partial charge in [-0.3, -0.25) is 0 Å². The van der Waals surface area contributed by atoms with E-state index in [0.717, 1.165) is 25.0 Å². The molecule has 1 saturated heterocycles. The maximum Gasteiger partial charge on any atom is 0.417 e. The fourth-order valence-electron chi connectivity index (χ4n) is 4.49. The van der Waals surface area contributed by atoms with E-state index in [2.05, 4.69) is 17.4 Å². The Morgan fingerprint density at radius 1 is 1.04 bits per heavy atom. The lowest BCUT2D eigenvalue weighted by Crippen LogP contribution is -2.34. The van der Waals surface area contributed by atoms with Crippen LogP contribution in [-0.2, 0) is 6.18 Å². The molecule has 2 amide bonds. The average molecular weight is 409 g/mol. The summed E-state index contributed by atoms with van der Waals surface area (Å²) in [4.78, 5) is 14.3. The second-order valence-electron chi connectivity index (χ2n) is 7.63. The number of carbonyl (C=O) groups is 1. The summed E-state index contributed by atoms with van der Waals surface area (Å²) in [5, 5.41) is 2.20. The number of amides is 2. The lowest BCUT2D eigenvalue weighted by Gasteiger charge is -2.20. The third kappa shape index (κ3) is 3.83. The van der Waals surface area contributed by atoms with E-state index in [1.807, 2.05) is 18.2 Å². The fraction of sp³-hybridized carbons (Fsp3) is 0.381. The molecule has 1 aliphatic carbocycles. The number of hydrogen-bond donors (Lipinski definition) is 1. The van der Waals surface area contributed by atoms with E-state index < -0.39 is 11.7 Å². The summed E-state index contributed by atoms with van der Waals surface area (Å²) < 4.78 is 39.0. The quantitative estimate of drug-likeness (QED) is 0.647. The van der Waals surface area contributed by atoms with Gasteiger partial charge in [-0.25, -0.2) is 4.79 Å². The molecule has 3 nitrogen and oxygen atoms in total. The molecular formula is C21H20ClF3N2O. The number of benzene rings is 2. The van der Waals surface area contributed by atoms with Crippen LogP contribution in [0.1, 0.15) is 29.9 Å². The highest BCUT2D eigenvalue weighted by Crippen LogP contribution is 2.46. The van der Waals surface area contributed by atoms with Crippen molar-refractivity contribution in [1.29, 1.82) is 0 Å². The minimum Gasteiger partial charge on any atom is -0.324 e. The zero-order valence-electron chi connectivity index (χ0n) is 15.0. The topological polar surface area (TPSA) is 32.3 Å². The molecule has 1 aliphatic heterocycles. The van der Waals surface area contributed by atoms with E-state index in [-0.39, 0.29) is 16.7 Å². The summed E-state index contributed by atoms with van der Waals surface area (Å²) in [6.45, 7) is 1.28. The van der Waals surface area contributed by atoms with Gasteiger partial charge < -0.3 is 10.2 Å². The van der Waals surface area contributed by atoms with Gasteiger partial charge in [-0.05, 0) is 54.4 Å². The van der Waals surface area contributed by atoms with Gasteiger partial charge in [-0.15, -0.1) is 0 Å². The lowest BCUT2D eigenvalue weighted by molar-refractivity contribution is -0.137. The number of carbonyl (C=O) groups excluding carboxylic acids is 1. The minimum absolute atomic E-state index is 0.0981. The maximum absolute atomic E-state index is 13.0. The number of rotatable bonds is 2. The van der Waals surface area contributed by atoms with E-state index in [1.165, 1.54) is 11.6 Å². The number of nitrogens with zero attached hydrogens (tertiary/aromatic N) is 1. The van der Waals surface area contributed by atoms with Crippen LogP contribution >= 0.6 is 11.6 Å². The van der Waals surface area contributed by atoms with Crippen LogP contribution in [0.4, 0.5) is 23.7 Å². The van der Waals surface area contributed by atoms with E-state index in [0.29, 0.717) is 30.8 Å². The first-order valence-corrected chi connectivity index (χ1v) is 9.66. The van der Waals surface area contributed by atoms with E-state index in [1.54, 1.807) is 4.90 Å². The van der Waals surface area contributed by atoms with Crippen LogP contribution in [0.15, 0.2) is 48.5 Å². The Labute approximate surface area is 166 Å². The first-order valence-electron chi connectivity index (χ1n) is 9.29. The Hall–Kier alpha value is -2.21. The summed E-state index contributed by atoms with van der Waals surface area (Å²) in [7, 11) is 0. The minimum atomic E-state index is -4.56. The van der Waals surface area contributed by atoms with Crippen LogP contribution in [0.5, 0.6) is 0 Å². The molecule has 1 heterocycles. The van der Waals surface area contributed by atoms with Gasteiger partial charge in [0.25, 0.3) is 0 Å². The van der Waals surface area contributed by atoms with Gasteiger partial charge in [-0.2, -0.15) is 13.2 Å². The Kier molecular flexibility index (Phi) is 5.00. The molecule has 1 N–H and O–H groups in total. The van der Waals surface area contributed by atoms with Crippen LogP contribution in [0.2, 0.25) is 5.02 Å². The van der Waals surface area contributed by atoms with Crippen molar-refractivity contribution in [2.45, 2.75) is 24.9 Å². The standard InChI is InChI=1S/C21H20ClF3N2O/c22-19-7-6-17(10-18(19)21(23,24)25)26-20(28)27-11-15-8-14(9-16(15)12-27)13-4-2-1-3-5-13/h1-7,10,14-16H,8-9,11-12H2,(H,26,28). The van der Waals surface area contributed by atoms with Crippen LogP contribution in [-0.4, -0.2) is 24.0 Å². The van der Waals surface area contributed by atoms with Crippen molar-refractivity contribution in [3.8, 4) is 0 Å². The largest absolute Gasteiger partial charge is 0.417 e. The highest BCUT2D eigenvalue weighted by atomic mass is 35.5. The molecule has 0 aromatic heterocycles. The van der Waals surface area contributed by atoms with Crippen LogP contribution in [0.3, 0.4) is 0 Å². The maximum atomic E-state index is 13.0. The van der Waals surface area contributed by atoms with Gasteiger partial charge in [0.2, 0.25) is 0 Å².